The summed E-state index contributed by atoms with van der Waals surface area (Å²) in [5.41, 5.74) is 4.29. The lowest BCUT2D eigenvalue weighted by molar-refractivity contribution is -0.141. The van der Waals surface area contributed by atoms with Crippen LogP contribution in [0.2, 0.25) is 0 Å². The first-order valence-electron chi connectivity index (χ1n) is 4.94. The highest BCUT2D eigenvalue weighted by Gasteiger charge is 2.34. The molecule has 0 heterocycles. The molecular weight excluding hydrogens is 254 g/mol. The number of rotatable bonds is 3. The molecule has 0 aliphatic carbocycles. The molecule has 100 valence electrons. The summed E-state index contributed by atoms with van der Waals surface area (Å²) in [6.07, 6.45) is -4.99. The minimum absolute atomic E-state index is 0.103. The second kappa shape index (κ2) is 5.34. The highest BCUT2D eigenvalue weighted by Crippen LogP contribution is 2.32. The summed E-state index contributed by atoms with van der Waals surface area (Å²) < 4.78 is 54.5. The molecule has 0 fully saturated rings. The van der Waals surface area contributed by atoms with E-state index < -0.39 is 29.6 Å². The summed E-state index contributed by atoms with van der Waals surface area (Å²) in [4.78, 5) is 10.9. The van der Waals surface area contributed by atoms with Crippen LogP contribution >= 0.6 is 0 Å². The van der Waals surface area contributed by atoms with Crippen molar-refractivity contribution in [3.05, 3.63) is 35.1 Å². The third-order valence-electron chi connectivity index (χ3n) is 2.34. The van der Waals surface area contributed by atoms with Crippen molar-refractivity contribution in [1.29, 1.82) is 0 Å². The minimum Gasteiger partial charge on any atom is -0.469 e. The Bertz CT molecular complexity index is 445. The van der Waals surface area contributed by atoms with Gasteiger partial charge in [-0.2, -0.15) is 13.2 Å². The second-order valence-electron chi connectivity index (χ2n) is 3.62. The molecule has 1 unspecified atom stereocenters. The molecule has 0 saturated heterocycles. The molecule has 1 atom stereocenters. The Kier molecular flexibility index (Phi) is 4.28. The predicted octanol–water partition coefficient (Wildman–Crippen LogP) is 2.41. The number of halogens is 4. The van der Waals surface area contributed by atoms with Gasteiger partial charge in [-0.15, -0.1) is 0 Å². The Balaban J connectivity index is 2.94. The first-order valence-corrected chi connectivity index (χ1v) is 4.94. The van der Waals surface area contributed by atoms with Crippen molar-refractivity contribution in [2.75, 3.05) is 7.11 Å². The van der Waals surface area contributed by atoms with Crippen LogP contribution in [0.5, 0.6) is 0 Å². The van der Waals surface area contributed by atoms with E-state index in [1.54, 1.807) is 0 Å². The van der Waals surface area contributed by atoms with Gasteiger partial charge >= 0.3 is 12.1 Å². The van der Waals surface area contributed by atoms with Crippen molar-refractivity contribution in [3.63, 3.8) is 0 Å². The lowest BCUT2D eigenvalue weighted by Gasteiger charge is -2.13. The van der Waals surface area contributed by atoms with Crippen LogP contribution in [-0.2, 0) is 15.7 Å². The van der Waals surface area contributed by atoms with Crippen LogP contribution in [0.4, 0.5) is 17.6 Å². The van der Waals surface area contributed by atoms with Crippen LogP contribution in [0.3, 0.4) is 0 Å². The first-order chi connectivity index (χ1) is 8.25. The van der Waals surface area contributed by atoms with Crippen LogP contribution < -0.4 is 5.73 Å². The summed E-state index contributed by atoms with van der Waals surface area (Å²) in [7, 11) is 1.16. The van der Waals surface area contributed by atoms with Crippen molar-refractivity contribution in [2.24, 2.45) is 5.73 Å². The van der Waals surface area contributed by atoms with Gasteiger partial charge in [0, 0.05) is 6.04 Å². The van der Waals surface area contributed by atoms with Crippen molar-refractivity contribution < 1.29 is 27.1 Å². The van der Waals surface area contributed by atoms with Gasteiger partial charge in [0.1, 0.15) is 5.82 Å². The highest BCUT2D eigenvalue weighted by molar-refractivity contribution is 5.70. The molecule has 0 aromatic heterocycles. The molecule has 0 radical (unpaired) electrons. The Morgan fingerprint density at radius 1 is 1.44 bits per heavy atom. The van der Waals surface area contributed by atoms with Crippen LogP contribution in [0.25, 0.3) is 0 Å². The number of ether oxygens (including phenoxy) is 1. The van der Waals surface area contributed by atoms with E-state index in [1.165, 1.54) is 0 Å². The third kappa shape index (κ3) is 3.43. The largest absolute Gasteiger partial charge is 0.469 e. The van der Waals surface area contributed by atoms with Crippen LogP contribution in [0.15, 0.2) is 18.2 Å². The number of benzene rings is 1. The normalized spacial score (nSPS) is 13.2. The van der Waals surface area contributed by atoms with Gasteiger partial charge in [-0.3, -0.25) is 4.79 Å². The summed E-state index contributed by atoms with van der Waals surface area (Å²) in [5, 5.41) is 0. The van der Waals surface area contributed by atoms with Crippen LogP contribution in [0, 0.1) is 5.82 Å². The first kappa shape index (κ1) is 14.4. The molecule has 0 spiro atoms. The lowest BCUT2D eigenvalue weighted by atomic mass is 10.0. The fourth-order valence-electron chi connectivity index (χ4n) is 1.37. The number of methoxy groups -OCH3 is 1. The van der Waals surface area contributed by atoms with Gasteiger partial charge in [-0.05, 0) is 17.7 Å². The van der Waals surface area contributed by atoms with E-state index in [1.807, 2.05) is 0 Å². The van der Waals surface area contributed by atoms with E-state index in [2.05, 4.69) is 4.74 Å². The zero-order chi connectivity index (χ0) is 13.9. The van der Waals surface area contributed by atoms with Crippen LogP contribution in [0.1, 0.15) is 23.6 Å². The number of hydrogen-bond acceptors (Lipinski definition) is 3. The summed E-state index contributed by atoms with van der Waals surface area (Å²) >= 11 is 0. The molecule has 1 aromatic carbocycles. The van der Waals surface area contributed by atoms with E-state index in [4.69, 9.17) is 5.73 Å². The monoisotopic (exact) mass is 265 g/mol. The summed E-state index contributed by atoms with van der Waals surface area (Å²) in [5.74, 6) is -2.04. The molecule has 0 aliphatic heterocycles. The SMILES string of the molecule is COC(=O)CC(N)c1ccc(C(F)(F)F)c(F)c1. The third-order valence-corrected chi connectivity index (χ3v) is 2.34. The Hall–Kier alpha value is -1.63. The number of alkyl halides is 3. The molecular formula is C11H11F4NO2. The van der Waals surface area contributed by atoms with Gasteiger partial charge in [-0.1, -0.05) is 6.07 Å². The molecule has 0 amide bonds. The summed E-state index contributed by atoms with van der Waals surface area (Å²) in [6.45, 7) is 0. The van der Waals surface area contributed by atoms with E-state index in [9.17, 15) is 22.4 Å². The average molecular weight is 265 g/mol. The van der Waals surface area contributed by atoms with E-state index >= 15 is 0 Å². The maximum absolute atomic E-state index is 13.2. The average Bonchev–Trinajstić information content (AvgIpc) is 2.26. The standard InChI is InChI=1S/C11H11F4NO2/c1-18-10(17)5-9(16)6-2-3-7(8(12)4-6)11(13,14)15/h2-4,9H,5,16H2,1H3. The smallest absolute Gasteiger partial charge is 0.419 e. The topological polar surface area (TPSA) is 52.3 Å². The zero-order valence-electron chi connectivity index (χ0n) is 9.42. The Labute approximate surface area is 101 Å². The number of hydrogen-bond donors (Lipinski definition) is 1. The van der Waals surface area contributed by atoms with Gasteiger partial charge < -0.3 is 10.5 Å². The highest BCUT2D eigenvalue weighted by atomic mass is 19.4. The minimum atomic E-state index is -4.75. The number of esters is 1. The quantitative estimate of drug-likeness (QED) is 0.674. The number of carbonyl (C=O) groups is 1. The molecule has 2 N–H and O–H groups in total. The molecule has 1 rings (SSSR count). The molecule has 0 aliphatic rings. The number of nitrogens with two attached hydrogens (primary N) is 1. The van der Waals surface area contributed by atoms with Gasteiger partial charge in [0.05, 0.1) is 19.1 Å². The van der Waals surface area contributed by atoms with Crippen molar-refractivity contribution >= 4 is 5.97 Å². The Morgan fingerprint density at radius 3 is 2.50 bits per heavy atom. The van der Waals surface area contributed by atoms with E-state index in [0.717, 1.165) is 13.2 Å². The number of carbonyl (C=O) groups excluding carboxylic acids is 1. The van der Waals surface area contributed by atoms with Crippen molar-refractivity contribution in [2.45, 2.75) is 18.6 Å². The maximum atomic E-state index is 13.2. The molecule has 3 nitrogen and oxygen atoms in total. The predicted molar refractivity (Wildman–Crippen MR) is 55.0 cm³/mol. The van der Waals surface area contributed by atoms with Crippen LogP contribution in [-0.4, -0.2) is 13.1 Å². The van der Waals surface area contributed by atoms with Crippen molar-refractivity contribution in [3.8, 4) is 0 Å². The molecule has 18 heavy (non-hydrogen) atoms. The second-order valence-corrected chi connectivity index (χ2v) is 3.62. The van der Waals surface area contributed by atoms with E-state index in [-0.39, 0.29) is 12.0 Å². The van der Waals surface area contributed by atoms with Gasteiger partial charge in [0.15, 0.2) is 0 Å². The molecule has 0 saturated carbocycles. The molecule has 0 bridgehead atoms. The fraction of sp³-hybridized carbons (Fsp3) is 0.364. The summed E-state index contributed by atoms with van der Waals surface area (Å²) in [6, 6.07) is 1.41. The van der Waals surface area contributed by atoms with Crippen molar-refractivity contribution in [1.82, 2.24) is 0 Å². The molecule has 7 heteroatoms. The maximum Gasteiger partial charge on any atom is 0.419 e. The lowest BCUT2D eigenvalue weighted by Crippen LogP contribution is -2.17. The van der Waals surface area contributed by atoms with Gasteiger partial charge in [-0.25, -0.2) is 4.39 Å². The van der Waals surface area contributed by atoms with E-state index in [0.29, 0.717) is 12.1 Å². The van der Waals surface area contributed by atoms with Gasteiger partial charge in [0.25, 0.3) is 0 Å². The Morgan fingerprint density at radius 2 is 2.06 bits per heavy atom. The fourth-order valence-corrected chi connectivity index (χ4v) is 1.37. The zero-order valence-corrected chi connectivity index (χ0v) is 9.42. The molecule has 1 aromatic rings. The van der Waals surface area contributed by atoms with Gasteiger partial charge in [0.2, 0.25) is 0 Å².